The molecular weight excluding hydrogens is 224 g/mol. The van der Waals surface area contributed by atoms with Gasteiger partial charge in [-0.25, -0.2) is 0 Å². The summed E-state index contributed by atoms with van der Waals surface area (Å²) in [6.45, 7) is 6.99. The Morgan fingerprint density at radius 1 is 1.22 bits per heavy atom. The number of likely N-dealkylation sites (N-methyl/N-ethyl adjacent to an activating group) is 1. The van der Waals surface area contributed by atoms with E-state index < -0.39 is 0 Å². The van der Waals surface area contributed by atoms with Crippen molar-refractivity contribution in [2.45, 2.75) is 27.2 Å². The number of pyridine rings is 1. The summed E-state index contributed by atoms with van der Waals surface area (Å²) in [4.78, 5) is 15.1. The van der Waals surface area contributed by atoms with Crippen molar-refractivity contribution in [3.8, 4) is 0 Å². The predicted molar refractivity (Wildman–Crippen MR) is 76.4 cm³/mol. The number of fused-ring (bicyclic) bond motifs is 1. The first-order valence-corrected chi connectivity index (χ1v) is 6.32. The third-order valence-electron chi connectivity index (χ3n) is 3.47. The van der Waals surface area contributed by atoms with E-state index in [-0.39, 0.29) is 5.56 Å². The largest absolute Gasteiger partial charge is 0.321 e. The van der Waals surface area contributed by atoms with Gasteiger partial charge in [0.25, 0.3) is 5.56 Å². The van der Waals surface area contributed by atoms with Crippen LogP contribution in [-0.2, 0) is 6.42 Å². The SMILES string of the molecule is CNCCc1c(C)c2cc(C)cc(C)c2[nH]c1=O. The number of H-pyrrole nitrogens is 1. The molecule has 0 saturated heterocycles. The second kappa shape index (κ2) is 4.94. The number of rotatable bonds is 3. The van der Waals surface area contributed by atoms with Gasteiger partial charge < -0.3 is 10.3 Å². The van der Waals surface area contributed by atoms with Crippen LogP contribution in [-0.4, -0.2) is 18.6 Å². The normalized spacial score (nSPS) is 11.1. The van der Waals surface area contributed by atoms with Gasteiger partial charge >= 0.3 is 0 Å². The lowest BCUT2D eigenvalue weighted by Gasteiger charge is -2.11. The Morgan fingerprint density at radius 3 is 2.61 bits per heavy atom. The molecule has 0 radical (unpaired) electrons. The third-order valence-corrected chi connectivity index (χ3v) is 3.47. The first-order valence-electron chi connectivity index (χ1n) is 6.32. The van der Waals surface area contributed by atoms with Crippen LogP contribution in [0.5, 0.6) is 0 Å². The summed E-state index contributed by atoms with van der Waals surface area (Å²) in [5.74, 6) is 0. The van der Waals surface area contributed by atoms with Crippen LogP contribution < -0.4 is 10.9 Å². The molecule has 2 N–H and O–H groups in total. The maximum atomic E-state index is 12.1. The Kier molecular flexibility index (Phi) is 3.53. The van der Waals surface area contributed by atoms with Gasteiger partial charge in [-0.1, -0.05) is 11.6 Å². The van der Waals surface area contributed by atoms with Gasteiger partial charge in [-0.05, 0) is 58.0 Å². The van der Waals surface area contributed by atoms with Crippen molar-refractivity contribution < 1.29 is 0 Å². The lowest BCUT2D eigenvalue weighted by atomic mass is 9.98. The molecule has 0 aliphatic rings. The van der Waals surface area contributed by atoms with Crippen LogP contribution in [0.1, 0.15) is 22.3 Å². The number of hydrogen-bond donors (Lipinski definition) is 2. The third kappa shape index (κ3) is 2.18. The average Bonchev–Trinajstić information content (AvgIpc) is 2.31. The first kappa shape index (κ1) is 12.8. The van der Waals surface area contributed by atoms with E-state index in [0.29, 0.717) is 0 Å². The minimum atomic E-state index is 0.0437. The summed E-state index contributed by atoms with van der Waals surface area (Å²) < 4.78 is 0. The molecule has 3 nitrogen and oxygen atoms in total. The van der Waals surface area contributed by atoms with Gasteiger partial charge in [0, 0.05) is 10.9 Å². The summed E-state index contributed by atoms with van der Waals surface area (Å²) in [7, 11) is 1.90. The Hall–Kier alpha value is -1.61. The van der Waals surface area contributed by atoms with Crippen molar-refractivity contribution in [3.63, 3.8) is 0 Å². The summed E-state index contributed by atoms with van der Waals surface area (Å²) in [5.41, 5.74) is 5.37. The highest BCUT2D eigenvalue weighted by atomic mass is 16.1. The Labute approximate surface area is 107 Å². The van der Waals surface area contributed by atoms with Gasteiger partial charge in [0.2, 0.25) is 0 Å². The molecule has 0 aliphatic carbocycles. The molecule has 0 atom stereocenters. The zero-order valence-electron chi connectivity index (χ0n) is 11.5. The molecule has 0 amide bonds. The van der Waals surface area contributed by atoms with Crippen molar-refractivity contribution in [2.75, 3.05) is 13.6 Å². The molecule has 18 heavy (non-hydrogen) atoms. The smallest absolute Gasteiger partial charge is 0.251 e. The summed E-state index contributed by atoms with van der Waals surface area (Å²) in [6.07, 6.45) is 0.764. The molecule has 0 saturated carbocycles. The minimum Gasteiger partial charge on any atom is -0.321 e. The highest BCUT2D eigenvalue weighted by Crippen LogP contribution is 2.22. The standard InChI is InChI=1S/C15H20N2O/c1-9-7-10(2)14-13(8-9)11(3)12(5-6-16-4)15(18)17-14/h7-8,16H,5-6H2,1-4H3,(H,17,18). The van der Waals surface area contributed by atoms with Gasteiger partial charge in [-0.15, -0.1) is 0 Å². The van der Waals surface area contributed by atoms with E-state index >= 15 is 0 Å². The van der Waals surface area contributed by atoms with Gasteiger partial charge in [-0.2, -0.15) is 0 Å². The average molecular weight is 244 g/mol. The molecule has 2 rings (SSSR count). The van der Waals surface area contributed by atoms with E-state index in [1.165, 1.54) is 10.9 Å². The van der Waals surface area contributed by atoms with Crippen molar-refractivity contribution in [1.29, 1.82) is 0 Å². The topological polar surface area (TPSA) is 44.9 Å². The van der Waals surface area contributed by atoms with Crippen LogP contribution in [0.25, 0.3) is 10.9 Å². The highest BCUT2D eigenvalue weighted by molar-refractivity contribution is 5.86. The Morgan fingerprint density at radius 2 is 1.94 bits per heavy atom. The molecular formula is C15H20N2O. The molecule has 96 valence electrons. The zero-order chi connectivity index (χ0) is 13.3. The number of aryl methyl sites for hydroxylation is 3. The lowest BCUT2D eigenvalue weighted by Crippen LogP contribution is -2.20. The number of benzene rings is 1. The van der Waals surface area contributed by atoms with Crippen LogP contribution in [0.2, 0.25) is 0 Å². The summed E-state index contributed by atoms with van der Waals surface area (Å²) in [6, 6.07) is 4.25. The summed E-state index contributed by atoms with van der Waals surface area (Å²) in [5, 5.41) is 4.25. The number of aromatic amines is 1. The molecule has 0 fully saturated rings. The lowest BCUT2D eigenvalue weighted by molar-refractivity contribution is 0.783. The van der Waals surface area contributed by atoms with Crippen LogP contribution in [0.4, 0.5) is 0 Å². The highest BCUT2D eigenvalue weighted by Gasteiger charge is 2.10. The molecule has 1 heterocycles. The van der Waals surface area contributed by atoms with E-state index in [2.05, 4.69) is 29.4 Å². The first-order chi connectivity index (χ1) is 8.54. The molecule has 1 aromatic heterocycles. The second-order valence-electron chi connectivity index (χ2n) is 4.92. The number of hydrogen-bond acceptors (Lipinski definition) is 2. The minimum absolute atomic E-state index is 0.0437. The van der Waals surface area contributed by atoms with Gasteiger partial charge in [0.05, 0.1) is 5.52 Å². The monoisotopic (exact) mass is 244 g/mol. The Bertz CT molecular complexity index is 641. The van der Waals surface area contributed by atoms with E-state index in [4.69, 9.17) is 0 Å². The van der Waals surface area contributed by atoms with Crippen molar-refractivity contribution >= 4 is 10.9 Å². The zero-order valence-corrected chi connectivity index (χ0v) is 11.5. The van der Waals surface area contributed by atoms with Crippen LogP contribution in [0, 0.1) is 20.8 Å². The molecule has 0 unspecified atom stereocenters. The molecule has 0 spiro atoms. The fourth-order valence-electron chi connectivity index (χ4n) is 2.50. The maximum absolute atomic E-state index is 12.1. The fraction of sp³-hybridized carbons (Fsp3) is 0.400. The molecule has 0 bridgehead atoms. The fourth-order valence-corrected chi connectivity index (χ4v) is 2.50. The van der Waals surface area contributed by atoms with Gasteiger partial charge in [0.15, 0.2) is 0 Å². The maximum Gasteiger partial charge on any atom is 0.251 e. The second-order valence-corrected chi connectivity index (χ2v) is 4.92. The predicted octanol–water partition coefficient (Wildman–Crippen LogP) is 2.22. The number of aromatic nitrogens is 1. The number of nitrogens with one attached hydrogen (secondary N) is 2. The Balaban J connectivity index is 2.72. The van der Waals surface area contributed by atoms with E-state index in [1.807, 2.05) is 20.9 Å². The van der Waals surface area contributed by atoms with Crippen molar-refractivity contribution in [2.24, 2.45) is 0 Å². The van der Waals surface area contributed by atoms with E-state index in [1.54, 1.807) is 0 Å². The molecule has 0 aliphatic heterocycles. The van der Waals surface area contributed by atoms with Crippen molar-refractivity contribution in [1.82, 2.24) is 10.3 Å². The van der Waals surface area contributed by atoms with Crippen LogP contribution in [0.3, 0.4) is 0 Å². The van der Waals surface area contributed by atoms with Crippen LogP contribution in [0.15, 0.2) is 16.9 Å². The quantitative estimate of drug-likeness (QED) is 0.869. The molecule has 3 heteroatoms. The van der Waals surface area contributed by atoms with Crippen LogP contribution >= 0.6 is 0 Å². The van der Waals surface area contributed by atoms with Gasteiger partial charge in [-0.3, -0.25) is 4.79 Å². The summed E-state index contributed by atoms with van der Waals surface area (Å²) >= 11 is 0. The van der Waals surface area contributed by atoms with Crippen molar-refractivity contribution in [3.05, 3.63) is 44.7 Å². The van der Waals surface area contributed by atoms with E-state index in [9.17, 15) is 4.79 Å². The van der Waals surface area contributed by atoms with Gasteiger partial charge in [0.1, 0.15) is 0 Å². The molecule has 1 aromatic carbocycles. The molecule has 2 aromatic rings. The van der Waals surface area contributed by atoms with E-state index in [0.717, 1.165) is 35.2 Å².